The number of hydrogen-bond acceptors (Lipinski definition) is 6. The SMILES string of the molecule is CC(C)(NS(=O)(=O)c1ccc([N+](=O)[O-])c(C(F)(F)F)c1)C(=O)NC1C2CC3CC1CC(C(N)=O)(C3)C2. The Kier molecular flexibility index (Phi) is 6.14. The van der Waals surface area contributed by atoms with E-state index in [0.29, 0.717) is 30.9 Å². The highest BCUT2D eigenvalue weighted by Crippen LogP contribution is 2.60. The van der Waals surface area contributed by atoms with Gasteiger partial charge < -0.3 is 11.1 Å². The van der Waals surface area contributed by atoms with Crippen LogP contribution in [0.15, 0.2) is 23.1 Å². The van der Waals surface area contributed by atoms with Gasteiger partial charge in [-0.25, -0.2) is 8.42 Å². The van der Waals surface area contributed by atoms with Gasteiger partial charge in [-0.15, -0.1) is 0 Å². The summed E-state index contributed by atoms with van der Waals surface area (Å²) in [6, 6.07) is 1.05. The number of nitrogens with zero attached hydrogens (tertiary/aromatic N) is 1. The van der Waals surface area contributed by atoms with Crippen LogP contribution in [0.5, 0.6) is 0 Å². The first-order chi connectivity index (χ1) is 16.4. The lowest BCUT2D eigenvalue weighted by Gasteiger charge is -2.59. The van der Waals surface area contributed by atoms with Crippen molar-refractivity contribution in [3.63, 3.8) is 0 Å². The van der Waals surface area contributed by atoms with Crippen LogP contribution in [0.1, 0.15) is 51.5 Å². The number of benzene rings is 1. The number of carbonyl (C=O) groups is 2. The summed E-state index contributed by atoms with van der Waals surface area (Å²) in [5.41, 5.74) is 0.365. The third kappa shape index (κ3) is 4.56. The molecule has 0 heterocycles. The molecule has 36 heavy (non-hydrogen) atoms. The lowest BCUT2D eigenvalue weighted by Crippen LogP contribution is -2.65. The predicted octanol–water partition coefficient (Wildman–Crippen LogP) is 2.47. The quantitative estimate of drug-likeness (QED) is 0.361. The van der Waals surface area contributed by atoms with Crippen molar-refractivity contribution in [3.05, 3.63) is 33.9 Å². The number of sulfonamides is 1. The molecule has 2 unspecified atom stereocenters. The van der Waals surface area contributed by atoms with E-state index in [-0.39, 0.29) is 29.9 Å². The van der Waals surface area contributed by atoms with Crippen LogP contribution in [0.3, 0.4) is 0 Å². The summed E-state index contributed by atoms with van der Waals surface area (Å²) in [5.74, 6) is -0.622. The van der Waals surface area contributed by atoms with Crippen LogP contribution in [-0.4, -0.2) is 36.7 Å². The van der Waals surface area contributed by atoms with E-state index < -0.39 is 54.1 Å². The highest BCUT2D eigenvalue weighted by atomic mass is 32.2. The van der Waals surface area contributed by atoms with Gasteiger partial charge in [0.15, 0.2) is 0 Å². The minimum absolute atomic E-state index is 0.0177. The normalized spacial score (nSPS) is 29.7. The first-order valence-electron chi connectivity index (χ1n) is 11.5. The van der Waals surface area contributed by atoms with Gasteiger partial charge in [-0.05, 0) is 75.8 Å². The van der Waals surface area contributed by atoms with Gasteiger partial charge in [0, 0.05) is 17.5 Å². The van der Waals surface area contributed by atoms with Crippen LogP contribution in [0, 0.1) is 33.3 Å². The van der Waals surface area contributed by atoms with Crippen molar-refractivity contribution >= 4 is 27.5 Å². The van der Waals surface area contributed by atoms with Gasteiger partial charge >= 0.3 is 6.18 Å². The molecule has 0 spiro atoms. The first-order valence-corrected chi connectivity index (χ1v) is 12.9. The van der Waals surface area contributed by atoms with Crippen molar-refractivity contribution in [2.45, 2.75) is 68.6 Å². The molecule has 0 aromatic heterocycles. The highest BCUT2D eigenvalue weighted by molar-refractivity contribution is 7.89. The molecular weight excluding hydrogens is 505 g/mol. The third-order valence-corrected chi connectivity index (χ3v) is 9.48. The molecule has 1 aromatic carbocycles. The van der Waals surface area contributed by atoms with Crippen LogP contribution in [0.2, 0.25) is 0 Å². The van der Waals surface area contributed by atoms with Crippen LogP contribution >= 0.6 is 0 Å². The molecule has 4 saturated carbocycles. The van der Waals surface area contributed by atoms with E-state index in [0.717, 1.165) is 19.3 Å². The van der Waals surface area contributed by atoms with E-state index in [4.69, 9.17) is 5.73 Å². The summed E-state index contributed by atoms with van der Waals surface area (Å²) in [5, 5.41) is 13.9. The van der Waals surface area contributed by atoms with E-state index in [1.807, 2.05) is 0 Å². The number of amides is 2. The monoisotopic (exact) mass is 532 g/mol. The zero-order valence-electron chi connectivity index (χ0n) is 19.6. The van der Waals surface area contributed by atoms with Crippen molar-refractivity contribution < 1.29 is 36.1 Å². The number of primary amides is 1. The summed E-state index contributed by atoms with van der Waals surface area (Å²) in [6.45, 7) is 2.55. The summed E-state index contributed by atoms with van der Waals surface area (Å²) < 4.78 is 67.8. The van der Waals surface area contributed by atoms with E-state index in [1.54, 1.807) is 0 Å². The number of carbonyl (C=O) groups excluding carboxylic acids is 2. The summed E-state index contributed by atoms with van der Waals surface area (Å²) in [7, 11) is -4.67. The maximum Gasteiger partial charge on any atom is 0.423 e. The molecule has 4 aliphatic rings. The van der Waals surface area contributed by atoms with Crippen LogP contribution in [0.25, 0.3) is 0 Å². The second-order valence-corrected chi connectivity index (χ2v) is 12.5. The molecule has 198 valence electrons. The molecule has 1 aromatic rings. The van der Waals surface area contributed by atoms with Gasteiger partial charge in [-0.1, -0.05) is 0 Å². The Morgan fingerprint density at radius 1 is 1.14 bits per heavy atom. The molecule has 0 aliphatic heterocycles. The lowest BCUT2D eigenvalue weighted by molar-refractivity contribution is -0.388. The molecule has 2 atom stereocenters. The zero-order valence-corrected chi connectivity index (χ0v) is 20.4. The van der Waals surface area contributed by atoms with E-state index in [9.17, 15) is 41.3 Å². The number of nitro groups is 1. The van der Waals surface area contributed by atoms with Gasteiger partial charge in [0.1, 0.15) is 11.1 Å². The van der Waals surface area contributed by atoms with Gasteiger partial charge in [0.25, 0.3) is 5.69 Å². The molecule has 4 fully saturated rings. The van der Waals surface area contributed by atoms with Crippen molar-refractivity contribution in [2.24, 2.45) is 28.9 Å². The Morgan fingerprint density at radius 2 is 1.72 bits per heavy atom. The van der Waals surface area contributed by atoms with E-state index in [1.165, 1.54) is 13.8 Å². The Balaban J connectivity index is 1.52. The van der Waals surface area contributed by atoms with E-state index >= 15 is 0 Å². The summed E-state index contributed by atoms with van der Waals surface area (Å²) in [4.78, 5) is 34.1. The molecule has 0 saturated heterocycles. The Morgan fingerprint density at radius 3 is 2.22 bits per heavy atom. The third-order valence-electron chi connectivity index (χ3n) is 7.83. The smallest absolute Gasteiger partial charge is 0.369 e. The highest BCUT2D eigenvalue weighted by Gasteiger charge is 2.58. The second-order valence-electron chi connectivity index (χ2n) is 10.8. The Bertz CT molecular complexity index is 1220. The summed E-state index contributed by atoms with van der Waals surface area (Å²) in [6.07, 6.45) is -1.67. The standard InChI is InChI=1S/C22H27F3N4O6S/c1-20(2,28-36(34,35)14-3-4-16(29(32)33)15(7-14)22(23,24)25)19(31)27-17-12-5-11-6-13(17)10-21(8-11,9-12)18(26)30/h3-4,7,11-13,17,28H,5-6,8-10H2,1-2H3,(H2,26,30)(H,27,31). The fraction of sp³-hybridized carbons (Fsp3) is 0.636. The minimum Gasteiger partial charge on any atom is -0.369 e. The number of alkyl halides is 3. The fourth-order valence-electron chi connectivity index (χ4n) is 6.40. The Labute approximate surface area is 205 Å². The number of nitrogens with two attached hydrogens (primary N) is 1. The molecule has 0 radical (unpaired) electrons. The number of nitrogens with one attached hydrogen (secondary N) is 2. The van der Waals surface area contributed by atoms with Crippen LogP contribution in [0.4, 0.5) is 18.9 Å². The molecule has 4 bridgehead atoms. The molecule has 4 aliphatic carbocycles. The first kappa shape index (κ1) is 26.3. The number of hydrogen-bond donors (Lipinski definition) is 3. The fourth-order valence-corrected chi connectivity index (χ4v) is 7.81. The topological polar surface area (TPSA) is 162 Å². The van der Waals surface area contributed by atoms with E-state index in [2.05, 4.69) is 10.0 Å². The largest absolute Gasteiger partial charge is 0.423 e. The molecule has 5 rings (SSSR count). The maximum absolute atomic E-state index is 13.3. The number of halogens is 3. The van der Waals surface area contributed by atoms with Crippen molar-refractivity contribution in [3.8, 4) is 0 Å². The van der Waals surface area contributed by atoms with Crippen LogP contribution < -0.4 is 15.8 Å². The van der Waals surface area contributed by atoms with Gasteiger partial charge in [0.05, 0.1) is 9.82 Å². The summed E-state index contributed by atoms with van der Waals surface area (Å²) >= 11 is 0. The van der Waals surface area contributed by atoms with Crippen molar-refractivity contribution in [1.82, 2.24) is 10.0 Å². The molecule has 14 heteroatoms. The van der Waals surface area contributed by atoms with Gasteiger partial charge in [0.2, 0.25) is 21.8 Å². The molecular formula is C22H27F3N4O6S. The van der Waals surface area contributed by atoms with Crippen molar-refractivity contribution in [2.75, 3.05) is 0 Å². The van der Waals surface area contributed by atoms with Gasteiger partial charge in [-0.2, -0.15) is 17.9 Å². The lowest BCUT2D eigenvalue weighted by atomic mass is 9.47. The second kappa shape index (κ2) is 8.40. The molecule has 10 nitrogen and oxygen atoms in total. The maximum atomic E-state index is 13.3. The minimum atomic E-state index is -5.16. The molecule has 2 amide bonds. The van der Waals surface area contributed by atoms with Crippen LogP contribution in [-0.2, 0) is 25.8 Å². The van der Waals surface area contributed by atoms with Gasteiger partial charge in [-0.3, -0.25) is 19.7 Å². The average molecular weight is 533 g/mol. The average Bonchev–Trinajstić information content (AvgIpc) is 2.73. The number of rotatable bonds is 7. The zero-order chi connectivity index (χ0) is 26.8. The predicted molar refractivity (Wildman–Crippen MR) is 120 cm³/mol. The molecule has 4 N–H and O–H groups in total. The number of nitro benzene ring substituents is 1. The Hall–Kier alpha value is -2.74. The van der Waals surface area contributed by atoms with Crippen molar-refractivity contribution in [1.29, 1.82) is 0 Å².